The second-order valence-corrected chi connectivity index (χ2v) is 4.90. The van der Waals surface area contributed by atoms with Gasteiger partial charge in [0.1, 0.15) is 5.56 Å². The van der Waals surface area contributed by atoms with E-state index in [9.17, 15) is 9.18 Å². The molecule has 5 heteroatoms. The molecule has 0 fully saturated rings. The molecule has 0 aliphatic heterocycles. The van der Waals surface area contributed by atoms with Crippen LogP contribution < -0.4 is 5.73 Å². The molecule has 20 heavy (non-hydrogen) atoms. The third-order valence-electron chi connectivity index (χ3n) is 3.40. The van der Waals surface area contributed by atoms with Gasteiger partial charge < -0.3 is 5.73 Å². The number of aryl methyl sites for hydroxylation is 3. The quantitative estimate of drug-likeness (QED) is 0.929. The van der Waals surface area contributed by atoms with E-state index in [1.807, 2.05) is 25.1 Å². The molecule has 0 atom stereocenters. The van der Waals surface area contributed by atoms with Gasteiger partial charge in [-0.05, 0) is 24.5 Å². The van der Waals surface area contributed by atoms with Crippen molar-refractivity contribution >= 4 is 5.91 Å². The fourth-order valence-electron chi connectivity index (χ4n) is 2.37. The van der Waals surface area contributed by atoms with Crippen molar-refractivity contribution in [1.82, 2.24) is 9.78 Å². The minimum absolute atomic E-state index is 0.115. The average molecular weight is 275 g/mol. The van der Waals surface area contributed by atoms with Crippen molar-refractivity contribution in [3.05, 3.63) is 52.1 Å². The molecule has 0 bridgehead atoms. The summed E-state index contributed by atoms with van der Waals surface area (Å²) in [7, 11) is 1.46. The van der Waals surface area contributed by atoms with E-state index in [1.54, 1.807) is 0 Å². The Morgan fingerprint density at radius 1 is 1.40 bits per heavy atom. The predicted molar refractivity (Wildman–Crippen MR) is 75.0 cm³/mol. The molecule has 1 aromatic heterocycles. The van der Waals surface area contributed by atoms with Crippen LogP contribution in [0, 0.1) is 12.9 Å². The van der Waals surface area contributed by atoms with E-state index in [0.29, 0.717) is 12.1 Å². The number of benzene rings is 1. The minimum atomic E-state index is -0.781. The van der Waals surface area contributed by atoms with Gasteiger partial charge in [-0.1, -0.05) is 30.7 Å². The van der Waals surface area contributed by atoms with Crippen molar-refractivity contribution in [2.45, 2.75) is 26.7 Å². The first-order chi connectivity index (χ1) is 9.43. The largest absolute Gasteiger partial charge is 0.365 e. The van der Waals surface area contributed by atoms with Gasteiger partial charge >= 0.3 is 0 Å². The topological polar surface area (TPSA) is 60.9 Å². The van der Waals surface area contributed by atoms with Gasteiger partial charge in [-0.25, -0.2) is 4.68 Å². The molecule has 2 N–H and O–H groups in total. The number of hydrogen-bond acceptors (Lipinski definition) is 2. The number of primary amides is 1. The second-order valence-electron chi connectivity index (χ2n) is 4.90. The van der Waals surface area contributed by atoms with Crippen molar-refractivity contribution in [2.24, 2.45) is 12.8 Å². The fraction of sp³-hybridized carbons (Fsp3) is 0.333. The number of hydrogen-bond donors (Lipinski definition) is 1. The van der Waals surface area contributed by atoms with E-state index in [1.165, 1.54) is 7.05 Å². The number of carbonyl (C=O) groups is 1. The molecule has 1 aromatic carbocycles. The third kappa shape index (κ3) is 2.57. The minimum Gasteiger partial charge on any atom is -0.365 e. The molecular formula is C15H18FN3O. The van der Waals surface area contributed by atoms with E-state index in [0.717, 1.165) is 27.8 Å². The van der Waals surface area contributed by atoms with Crippen LogP contribution >= 0.6 is 0 Å². The van der Waals surface area contributed by atoms with Crippen LogP contribution in [0.15, 0.2) is 18.2 Å². The molecule has 4 nitrogen and oxygen atoms in total. The molecule has 0 unspecified atom stereocenters. The lowest BCUT2D eigenvalue weighted by atomic mass is 9.97. The van der Waals surface area contributed by atoms with E-state index in [2.05, 4.69) is 12.0 Å². The Morgan fingerprint density at radius 3 is 2.70 bits per heavy atom. The fourth-order valence-corrected chi connectivity index (χ4v) is 2.37. The van der Waals surface area contributed by atoms with Crippen LogP contribution in [0.25, 0.3) is 0 Å². The van der Waals surface area contributed by atoms with Crippen LogP contribution in [0.3, 0.4) is 0 Å². The molecule has 2 rings (SSSR count). The third-order valence-corrected chi connectivity index (χ3v) is 3.40. The molecule has 0 aliphatic carbocycles. The zero-order valence-electron chi connectivity index (χ0n) is 11.9. The summed E-state index contributed by atoms with van der Waals surface area (Å²) >= 11 is 0. The van der Waals surface area contributed by atoms with E-state index in [-0.39, 0.29) is 5.56 Å². The van der Waals surface area contributed by atoms with Gasteiger partial charge in [0.05, 0.1) is 5.69 Å². The highest BCUT2D eigenvalue weighted by molar-refractivity contribution is 5.94. The molecule has 0 saturated heterocycles. The monoisotopic (exact) mass is 275 g/mol. The Balaban J connectivity index is 2.47. The van der Waals surface area contributed by atoms with Crippen molar-refractivity contribution in [1.29, 1.82) is 0 Å². The van der Waals surface area contributed by atoms with E-state index < -0.39 is 11.9 Å². The number of halogens is 1. The molecular weight excluding hydrogens is 257 g/mol. The summed E-state index contributed by atoms with van der Waals surface area (Å²) in [6.45, 7) is 4.05. The summed E-state index contributed by atoms with van der Waals surface area (Å²) in [5, 5.41) is 4.07. The molecule has 0 aliphatic rings. The standard InChI is InChI=1S/C15H18FN3O/c1-4-10-6-5-9(2)7-11(10)8-12-13(15(17)20)14(16)19(3)18-12/h5-7H,4,8H2,1-3H3,(H2,17,20). The maximum atomic E-state index is 13.8. The predicted octanol–water partition coefficient (Wildman–Crippen LogP) is 2.12. The lowest BCUT2D eigenvalue weighted by molar-refractivity contribution is 0.0995. The zero-order valence-corrected chi connectivity index (χ0v) is 11.9. The van der Waals surface area contributed by atoms with Crippen molar-refractivity contribution < 1.29 is 9.18 Å². The Labute approximate surface area is 117 Å². The number of carbonyl (C=O) groups excluding carboxylic acids is 1. The van der Waals surface area contributed by atoms with E-state index >= 15 is 0 Å². The van der Waals surface area contributed by atoms with Gasteiger partial charge in [0, 0.05) is 13.5 Å². The highest BCUT2D eigenvalue weighted by Gasteiger charge is 2.21. The molecule has 1 heterocycles. The number of amides is 1. The van der Waals surface area contributed by atoms with Gasteiger partial charge in [0.25, 0.3) is 5.91 Å². The summed E-state index contributed by atoms with van der Waals surface area (Å²) in [6, 6.07) is 6.13. The Kier molecular flexibility index (Phi) is 3.88. The average Bonchev–Trinajstić information content (AvgIpc) is 2.65. The normalized spacial score (nSPS) is 10.8. The number of nitrogens with two attached hydrogens (primary N) is 1. The molecule has 2 aromatic rings. The van der Waals surface area contributed by atoms with Crippen molar-refractivity contribution in [3.8, 4) is 0 Å². The summed E-state index contributed by atoms with van der Waals surface area (Å²) in [5.41, 5.74) is 8.86. The van der Waals surface area contributed by atoms with Gasteiger partial charge in [-0.2, -0.15) is 9.49 Å². The second kappa shape index (κ2) is 5.45. The highest BCUT2D eigenvalue weighted by atomic mass is 19.1. The van der Waals surface area contributed by atoms with Crippen LogP contribution in [-0.2, 0) is 19.9 Å². The first-order valence-electron chi connectivity index (χ1n) is 6.53. The summed E-state index contributed by atoms with van der Waals surface area (Å²) in [6.07, 6.45) is 1.28. The lowest BCUT2D eigenvalue weighted by Crippen LogP contribution is -2.15. The number of rotatable bonds is 4. The summed E-state index contributed by atoms with van der Waals surface area (Å²) < 4.78 is 14.9. The maximum Gasteiger partial charge on any atom is 0.255 e. The zero-order chi connectivity index (χ0) is 14.9. The number of nitrogens with zero attached hydrogens (tertiary/aromatic N) is 2. The van der Waals surface area contributed by atoms with Gasteiger partial charge in [0.2, 0.25) is 5.95 Å². The molecule has 0 spiro atoms. The van der Waals surface area contributed by atoms with Crippen LogP contribution in [0.2, 0.25) is 0 Å². The van der Waals surface area contributed by atoms with Crippen LogP contribution in [0.1, 0.15) is 39.7 Å². The Bertz CT molecular complexity index is 661. The van der Waals surface area contributed by atoms with Crippen LogP contribution in [0.4, 0.5) is 4.39 Å². The van der Waals surface area contributed by atoms with Crippen LogP contribution in [0.5, 0.6) is 0 Å². The first kappa shape index (κ1) is 14.2. The molecule has 106 valence electrons. The molecule has 0 radical (unpaired) electrons. The maximum absolute atomic E-state index is 13.8. The lowest BCUT2D eigenvalue weighted by Gasteiger charge is -2.08. The Morgan fingerprint density at radius 2 is 2.10 bits per heavy atom. The smallest absolute Gasteiger partial charge is 0.255 e. The van der Waals surface area contributed by atoms with E-state index in [4.69, 9.17) is 5.73 Å². The molecule has 0 saturated carbocycles. The SMILES string of the molecule is CCc1ccc(C)cc1Cc1nn(C)c(F)c1C(N)=O. The summed E-state index contributed by atoms with van der Waals surface area (Å²) in [4.78, 5) is 11.4. The van der Waals surface area contributed by atoms with Gasteiger partial charge in [-0.15, -0.1) is 0 Å². The van der Waals surface area contributed by atoms with Gasteiger partial charge in [-0.3, -0.25) is 4.79 Å². The Hall–Kier alpha value is -2.17. The van der Waals surface area contributed by atoms with Gasteiger partial charge in [0.15, 0.2) is 0 Å². The summed E-state index contributed by atoms with van der Waals surface area (Å²) in [5.74, 6) is -1.46. The molecule has 1 amide bonds. The number of aromatic nitrogens is 2. The van der Waals surface area contributed by atoms with Crippen molar-refractivity contribution in [3.63, 3.8) is 0 Å². The first-order valence-corrected chi connectivity index (χ1v) is 6.53. The van der Waals surface area contributed by atoms with Crippen molar-refractivity contribution in [2.75, 3.05) is 0 Å². The van der Waals surface area contributed by atoms with Crippen LogP contribution in [-0.4, -0.2) is 15.7 Å². The highest BCUT2D eigenvalue weighted by Crippen LogP contribution is 2.20.